The number of hydrogen-bond acceptors (Lipinski definition) is 1. The highest BCUT2D eigenvalue weighted by Gasteiger charge is 2.23. The van der Waals surface area contributed by atoms with E-state index in [2.05, 4.69) is 24.5 Å². The van der Waals surface area contributed by atoms with E-state index < -0.39 is 0 Å². The number of rotatable bonds is 4. The molecule has 1 aliphatic heterocycles. The summed E-state index contributed by atoms with van der Waals surface area (Å²) >= 11 is 0. The summed E-state index contributed by atoms with van der Waals surface area (Å²) < 4.78 is 13.0. The number of anilines is 1. The predicted octanol–water partition coefficient (Wildman–Crippen LogP) is 2.83. The Bertz CT molecular complexity index is 568. The van der Waals surface area contributed by atoms with E-state index in [4.69, 9.17) is 0 Å². The summed E-state index contributed by atoms with van der Waals surface area (Å²) in [5.74, 6) is 0.541. The van der Waals surface area contributed by atoms with E-state index in [0.717, 1.165) is 18.8 Å². The van der Waals surface area contributed by atoms with Gasteiger partial charge in [0.2, 0.25) is 0 Å². The number of nitrogens with zero attached hydrogens (tertiary/aromatic N) is 1. The number of nitrogens with one attached hydrogen (secondary N) is 1. The molecule has 3 heteroatoms. The average Bonchev–Trinajstić information content (AvgIpc) is 2.57. The van der Waals surface area contributed by atoms with Crippen LogP contribution in [0.3, 0.4) is 0 Å². The Morgan fingerprint density at radius 1 is 1.26 bits per heavy atom. The number of halogens is 1. The minimum atomic E-state index is -0.157. The molecule has 0 radical (unpaired) electrons. The minimum absolute atomic E-state index is 0.157. The molecule has 1 aromatic carbocycles. The lowest BCUT2D eigenvalue weighted by molar-refractivity contribution is -0.895. The summed E-state index contributed by atoms with van der Waals surface area (Å²) in [7, 11) is 0. The molecule has 1 N–H and O–H groups in total. The van der Waals surface area contributed by atoms with Gasteiger partial charge in [0, 0.05) is 5.69 Å². The summed E-state index contributed by atoms with van der Waals surface area (Å²) in [4.78, 5) is 4.05. The van der Waals surface area contributed by atoms with Gasteiger partial charge in [-0.2, -0.15) is 0 Å². The second kappa shape index (κ2) is 7.31. The number of benzene rings is 1. The highest BCUT2D eigenvalue weighted by atomic mass is 19.1. The van der Waals surface area contributed by atoms with E-state index in [1.807, 2.05) is 12.1 Å². The summed E-state index contributed by atoms with van der Waals surface area (Å²) in [6.45, 7) is 11.9. The van der Waals surface area contributed by atoms with Gasteiger partial charge in [-0.15, -0.1) is 0 Å². The first-order valence-electron chi connectivity index (χ1n) is 8.79. The van der Waals surface area contributed by atoms with Gasteiger partial charge in [-0.3, -0.25) is 0 Å². The topological polar surface area (TPSA) is 7.68 Å². The van der Waals surface area contributed by atoms with Gasteiger partial charge in [0.05, 0.1) is 32.7 Å². The second-order valence-electron chi connectivity index (χ2n) is 7.07. The molecule has 0 amide bonds. The first-order valence-corrected chi connectivity index (χ1v) is 8.79. The number of allylic oxidation sites excluding steroid dienone is 2. The molecule has 0 bridgehead atoms. The van der Waals surface area contributed by atoms with Crippen molar-refractivity contribution in [2.24, 2.45) is 5.92 Å². The van der Waals surface area contributed by atoms with Crippen LogP contribution >= 0.6 is 0 Å². The molecule has 1 aromatic rings. The fraction of sp³-hybridized carbons (Fsp3) is 0.500. The lowest BCUT2D eigenvalue weighted by Crippen LogP contribution is -3.15. The zero-order chi connectivity index (χ0) is 16.2. The van der Waals surface area contributed by atoms with Crippen molar-refractivity contribution in [2.45, 2.75) is 26.2 Å². The Kier molecular flexibility index (Phi) is 5.16. The maximum Gasteiger partial charge on any atom is 0.123 e. The van der Waals surface area contributed by atoms with Crippen LogP contribution in [0.1, 0.15) is 26.2 Å². The van der Waals surface area contributed by atoms with Gasteiger partial charge in [0.15, 0.2) is 0 Å². The molecule has 2 nitrogen and oxygen atoms in total. The molecule has 1 heterocycles. The van der Waals surface area contributed by atoms with Crippen molar-refractivity contribution in [3.8, 4) is 0 Å². The monoisotopic (exact) mass is 315 g/mol. The highest BCUT2D eigenvalue weighted by Crippen LogP contribution is 2.27. The number of piperazine rings is 1. The molecule has 0 unspecified atom stereocenters. The fourth-order valence-electron chi connectivity index (χ4n) is 3.73. The fourth-order valence-corrected chi connectivity index (χ4v) is 3.73. The maximum atomic E-state index is 13.0. The normalized spacial score (nSPS) is 22.8. The molecule has 1 atom stereocenters. The van der Waals surface area contributed by atoms with E-state index in [1.165, 1.54) is 44.5 Å². The van der Waals surface area contributed by atoms with Crippen LogP contribution in [0, 0.1) is 11.7 Å². The van der Waals surface area contributed by atoms with Crippen LogP contribution < -0.4 is 9.80 Å². The predicted molar refractivity (Wildman–Crippen MR) is 94.4 cm³/mol. The maximum absolute atomic E-state index is 13.0. The Balaban J connectivity index is 1.48. The van der Waals surface area contributed by atoms with E-state index >= 15 is 0 Å². The summed E-state index contributed by atoms with van der Waals surface area (Å²) in [6.07, 6.45) is 6.15. The largest absolute Gasteiger partial charge is 0.360 e. The standard InChI is InChI=1S/C20H27FN2/c1-16(2)18-5-3-17(4-6-18)15-22-11-13-23(14-12-22)20-9-7-19(21)8-10-20/h3,7-10,18H,1,4-6,11-15H2,2H3/p+1/t18-/m1/s1. The van der Waals surface area contributed by atoms with Crippen LogP contribution in [0.2, 0.25) is 0 Å². The van der Waals surface area contributed by atoms with Crippen molar-refractivity contribution in [1.29, 1.82) is 0 Å². The Labute approximate surface area is 139 Å². The molecule has 2 aliphatic rings. The molecular formula is C20H28FN2+. The zero-order valence-corrected chi connectivity index (χ0v) is 14.2. The van der Waals surface area contributed by atoms with Crippen molar-refractivity contribution in [3.05, 3.63) is 53.9 Å². The van der Waals surface area contributed by atoms with Crippen LogP contribution in [0.15, 0.2) is 48.1 Å². The molecule has 1 fully saturated rings. The number of hydrogen-bond donors (Lipinski definition) is 1. The van der Waals surface area contributed by atoms with Crippen LogP contribution in [-0.2, 0) is 0 Å². The molecule has 124 valence electrons. The molecule has 0 saturated carbocycles. The van der Waals surface area contributed by atoms with E-state index in [1.54, 1.807) is 22.6 Å². The highest BCUT2D eigenvalue weighted by molar-refractivity contribution is 5.46. The Hall–Kier alpha value is -1.61. The molecular weight excluding hydrogens is 287 g/mol. The Morgan fingerprint density at radius 2 is 1.96 bits per heavy atom. The van der Waals surface area contributed by atoms with Crippen LogP contribution in [0.4, 0.5) is 10.1 Å². The van der Waals surface area contributed by atoms with Gasteiger partial charge >= 0.3 is 0 Å². The molecule has 3 rings (SSSR count). The van der Waals surface area contributed by atoms with Crippen LogP contribution in [0.25, 0.3) is 0 Å². The van der Waals surface area contributed by atoms with Crippen molar-refractivity contribution in [1.82, 2.24) is 0 Å². The van der Waals surface area contributed by atoms with Crippen molar-refractivity contribution in [3.63, 3.8) is 0 Å². The van der Waals surface area contributed by atoms with Crippen molar-refractivity contribution < 1.29 is 9.29 Å². The molecule has 1 saturated heterocycles. The minimum Gasteiger partial charge on any atom is -0.360 e. The zero-order valence-electron chi connectivity index (χ0n) is 14.2. The van der Waals surface area contributed by atoms with Crippen molar-refractivity contribution in [2.75, 3.05) is 37.6 Å². The van der Waals surface area contributed by atoms with E-state index in [9.17, 15) is 4.39 Å². The van der Waals surface area contributed by atoms with Gasteiger partial charge in [0.25, 0.3) is 0 Å². The summed E-state index contributed by atoms with van der Waals surface area (Å²) in [5, 5.41) is 0. The third-order valence-electron chi connectivity index (χ3n) is 5.34. The lowest BCUT2D eigenvalue weighted by atomic mass is 9.85. The second-order valence-corrected chi connectivity index (χ2v) is 7.07. The van der Waals surface area contributed by atoms with Crippen molar-refractivity contribution >= 4 is 5.69 Å². The van der Waals surface area contributed by atoms with Gasteiger partial charge in [-0.05, 0) is 61.9 Å². The van der Waals surface area contributed by atoms with Gasteiger partial charge < -0.3 is 9.80 Å². The van der Waals surface area contributed by atoms with Gasteiger partial charge in [0.1, 0.15) is 5.82 Å². The summed E-state index contributed by atoms with van der Waals surface area (Å²) in [5.41, 5.74) is 4.11. The Morgan fingerprint density at radius 3 is 2.52 bits per heavy atom. The van der Waals surface area contributed by atoms with Gasteiger partial charge in [-0.25, -0.2) is 4.39 Å². The van der Waals surface area contributed by atoms with E-state index in [0.29, 0.717) is 5.92 Å². The molecule has 0 aromatic heterocycles. The van der Waals surface area contributed by atoms with Crippen LogP contribution in [-0.4, -0.2) is 32.7 Å². The van der Waals surface area contributed by atoms with E-state index in [-0.39, 0.29) is 5.82 Å². The average molecular weight is 315 g/mol. The number of quaternary nitrogens is 1. The third-order valence-corrected chi connectivity index (χ3v) is 5.34. The van der Waals surface area contributed by atoms with Crippen LogP contribution in [0.5, 0.6) is 0 Å². The first-order chi connectivity index (χ1) is 11.1. The molecule has 23 heavy (non-hydrogen) atoms. The van der Waals surface area contributed by atoms with Gasteiger partial charge in [-0.1, -0.05) is 18.2 Å². The SMILES string of the molecule is C=C(C)[C@@H]1CC=C(C[NH+]2CCN(c3ccc(F)cc3)CC2)CC1. The third kappa shape index (κ3) is 4.23. The smallest absolute Gasteiger partial charge is 0.123 e. The lowest BCUT2D eigenvalue weighted by Gasteiger charge is -2.34. The quantitative estimate of drug-likeness (QED) is 0.840. The molecule has 1 aliphatic carbocycles. The molecule has 0 spiro atoms. The first kappa shape index (κ1) is 16.3. The summed E-state index contributed by atoms with van der Waals surface area (Å²) in [6, 6.07) is 6.89.